The minimum absolute atomic E-state index is 0.777. The molecule has 1 aromatic heterocycles. The molecule has 0 spiro atoms. The van der Waals surface area contributed by atoms with Gasteiger partial charge in [-0.2, -0.15) is 0 Å². The van der Waals surface area contributed by atoms with Gasteiger partial charge in [0.15, 0.2) is 0 Å². The Kier molecular flexibility index (Phi) is 4.38. The molecule has 2 heteroatoms. The second-order valence-corrected chi connectivity index (χ2v) is 7.16. The summed E-state index contributed by atoms with van der Waals surface area (Å²) in [7, 11) is 0. The summed E-state index contributed by atoms with van der Waals surface area (Å²) in [5.41, 5.74) is 6.55. The number of hydrogen-bond acceptors (Lipinski definition) is 2. The van der Waals surface area contributed by atoms with Gasteiger partial charge in [-0.05, 0) is 34.9 Å². The molecular weight excluding hydrogens is 352 g/mol. The highest BCUT2D eigenvalue weighted by Crippen LogP contribution is 2.31. The predicted molar refractivity (Wildman–Crippen MR) is 121 cm³/mol. The number of aromatic nitrogens is 2. The van der Waals surface area contributed by atoms with E-state index in [4.69, 9.17) is 0 Å². The third-order valence-electron chi connectivity index (χ3n) is 5.19. The van der Waals surface area contributed by atoms with E-state index in [1.807, 2.05) is 25.1 Å². The monoisotopic (exact) mass is 372 g/mol. The molecule has 0 aliphatic heterocycles. The van der Waals surface area contributed by atoms with Crippen molar-refractivity contribution in [2.24, 2.45) is 0 Å². The smallest absolute Gasteiger partial charge is 0.126 e. The van der Waals surface area contributed by atoms with Crippen molar-refractivity contribution in [2.45, 2.75) is 6.92 Å². The Morgan fingerprint density at radius 2 is 1.10 bits per heavy atom. The molecule has 0 saturated carbocycles. The van der Waals surface area contributed by atoms with Crippen LogP contribution in [0.3, 0.4) is 0 Å². The molecule has 5 aromatic rings. The van der Waals surface area contributed by atoms with Gasteiger partial charge >= 0.3 is 0 Å². The van der Waals surface area contributed by atoms with Gasteiger partial charge < -0.3 is 0 Å². The van der Waals surface area contributed by atoms with Crippen LogP contribution in [0.1, 0.15) is 5.82 Å². The number of benzene rings is 4. The zero-order valence-electron chi connectivity index (χ0n) is 16.2. The Labute approximate surface area is 170 Å². The molecule has 1 heterocycles. The van der Waals surface area contributed by atoms with Crippen molar-refractivity contribution in [3.8, 4) is 33.6 Å². The lowest BCUT2D eigenvalue weighted by Crippen LogP contribution is -1.94. The molecular formula is C27H20N2. The molecule has 0 bridgehead atoms. The van der Waals surface area contributed by atoms with Crippen molar-refractivity contribution in [1.29, 1.82) is 0 Å². The summed E-state index contributed by atoms with van der Waals surface area (Å²) >= 11 is 0. The first-order chi connectivity index (χ1) is 14.3. The van der Waals surface area contributed by atoms with Crippen LogP contribution < -0.4 is 0 Å². The molecule has 2 nitrogen and oxygen atoms in total. The van der Waals surface area contributed by atoms with Crippen molar-refractivity contribution >= 4 is 10.8 Å². The van der Waals surface area contributed by atoms with Gasteiger partial charge in [0.25, 0.3) is 0 Å². The van der Waals surface area contributed by atoms with Gasteiger partial charge in [0, 0.05) is 11.1 Å². The van der Waals surface area contributed by atoms with E-state index in [0.717, 1.165) is 28.3 Å². The summed E-state index contributed by atoms with van der Waals surface area (Å²) in [5, 5.41) is 2.53. The Hall–Kier alpha value is -3.78. The maximum atomic E-state index is 4.67. The topological polar surface area (TPSA) is 25.8 Å². The van der Waals surface area contributed by atoms with E-state index in [9.17, 15) is 0 Å². The Balaban J connectivity index is 1.55. The molecule has 0 unspecified atom stereocenters. The van der Waals surface area contributed by atoms with Crippen molar-refractivity contribution in [1.82, 2.24) is 9.97 Å². The summed E-state index contributed by atoms with van der Waals surface area (Å²) in [4.78, 5) is 9.29. The first kappa shape index (κ1) is 17.3. The van der Waals surface area contributed by atoms with E-state index in [1.54, 1.807) is 0 Å². The lowest BCUT2D eigenvalue weighted by atomic mass is 9.97. The van der Waals surface area contributed by atoms with Gasteiger partial charge in [0.05, 0.1) is 11.4 Å². The minimum Gasteiger partial charge on any atom is -0.233 e. The first-order valence-electron chi connectivity index (χ1n) is 9.78. The van der Waals surface area contributed by atoms with Crippen molar-refractivity contribution in [3.63, 3.8) is 0 Å². The fourth-order valence-corrected chi connectivity index (χ4v) is 3.77. The normalized spacial score (nSPS) is 10.9. The molecule has 0 N–H and O–H groups in total. The quantitative estimate of drug-likeness (QED) is 0.343. The fraction of sp³-hybridized carbons (Fsp3) is 0.0370. The average Bonchev–Trinajstić information content (AvgIpc) is 2.79. The van der Waals surface area contributed by atoms with E-state index < -0.39 is 0 Å². The summed E-state index contributed by atoms with van der Waals surface area (Å²) in [6.45, 7) is 1.94. The second-order valence-electron chi connectivity index (χ2n) is 7.16. The molecule has 0 fully saturated rings. The maximum Gasteiger partial charge on any atom is 0.126 e. The Morgan fingerprint density at radius 3 is 1.86 bits per heavy atom. The highest BCUT2D eigenvalue weighted by molar-refractivity contribution is 5.96. The zero-order valence-corrected chi connectivity index (χ0v) is 16.2. The van der Waals surface area contributed by atoms with Crippen LogP contribution in [0.4, 0.5) is 0 Å². The number of rotatable bonds is 3. The zero-order chi connectivity index (χ0) is 19.6. The Morgan fingerprint density at radius 1 is 0.517 bits per heavy atom. The summed E-state index contributed by atoms with van der Waals surface area (Å²) in [6.07, 6.45) is 0. The van der Waals surface area contributed by atoms with E-state index in [2.05, 4.69) is 94.9 Å². The van der Waals surface area contributed by atoms with Crippen LogP contribution in [0.25, 0.3) is 44.4 Å². The van der Waals surface area contributed by atoms with Crippen LogP contribution in [-0.2, 0) is 0 Å². The highest BCUT2D eigenvalue weighted by Gasteiger charge is 2.08. The van der Waals surface area contributed by atoms with Gasteiger partial charge in [-0.1, -0.05) is 97.1 Å². The van der Waals surface area contributed by atoms with Gasteiger partial charge in [0.2, 0.25) is 0 Å². The Bertz CT molecular complexity index is 1280. The maximum absolute atomic E-state index is 4.67. The van der Waals surface area contributed by atoms with Crippen molar-refractivity contribution in [3.05, 3.63) is 109 Å². The number of hydrogen-bond donors (Lipinski definition) is 0. The third kappa shape index (κ3) is 3.41. The molecule has 0 saturated heterocycles. The largest absolute Gasteiger partial charge is 0.233 e. The van der Waals surface area contributed by atoms with Gasteiger partial charge in [-0.3, -0.25) is 0 Å². The van der Waals surface area contributed by atoms with E-state index in [-0.39, 0.29) is 0 Å². The molecule has 4 aromatic carbocycles. The predicted octanol–water partition coefficient (Wildman–Crippen LogP) is 6.94. The molecule has 5 rings (SSSR count). The van der Waals surface area contributed by atoms with E-state index in [1.165, 1.54) is 21.9 Å². The van der Waals surface area contributed by atoms with E-state index >= 15 is 0 Å². The molecule has 0 aliphatic rings. The van der Waals surface area contributed by atoms with E-state index in [0.29, 0.717) is 0 Å². The number of nitrogens with zero attached hydrogens (tertiary/aromatic N) is 2. The van der Waals surface area contributed by atoms with Crippen LogP contribution in [0.15, 0.2) is 103 Å². The lowest BCUT2D eigenvalue weighted by molar-refractivity contribution is 1.06. The minimum atomic E-state index is 0.777. The first-order valence-corrected chi connectivity index (χ1v) is 9.78. The molecule has 0 atom stereocenters. The van der Waals surface area contributed by atoms with Crippen LogP contribution >= 0.6 is 0 Å². The molecule has 0 aliphatic carbocycles. The summed E-state index contributed by atoms with van der Waals surface area (Å²) < 4.78 is 0. The number of aryl methyl sites for hydroxylation is 1. The summed E-state index contributed by atoms with van der Waals surface area (Å²) in [6, 6.07) is 35.9. The van der Waals surface area contributed by atoms with Crippen molar-refractivity contribution < 1.29 is 0 Å². The highest BCUT2D eigenvalue weighted by atomic mass is 14.9. The van der Waals surface area contributed by atoms with Crippen molar-refractivity contribution in [2.75, 3.05) is 0 Å². The van der Waals surface area contributed by atoms with Crippen LogP contribution in [-0.4, -0.2) is 9.97 Å². The lowest BCUT2D eigenvalue weighted by Gasteiger charge is -2.09. The average molecular weight is 372 g/mol. The fourth-order valence-electron chi connectivity index (χ4n) is 3.77. The third-order valence-corrected chi connectivity index (χ3v) is 5.19. The molecule has 0 amide bonds. The summed E-state index contributed by atoms with van der Waals surface area (Å²) in [5.74, 6) is 0.777. The van der Waals surface area contributed by atoms with Gasteiger partial charge in [-0.25, -0.2) is 9.97 Å². The standard InChI is InChI=1S/C27H20N2/c1-19-28-26(22-9-3-2-4-10-22)18-27(29-19)23-16-14-21(15-17-23)25-13-7-11-20-8-5-6-12-24(20)25/h2-18H,1H3. The van der Waals surface area contributed by atoms with Gasteiger partial charge in [0.1, 0.15) is 5.82 Å². The van der Waals surface area contributed by atoms with Crippen LogP contribution in [0, 0.1) is 6.92 Å². The number of fused-ring (bicyclic) bond motifs is 1. The molecule has 0 radical (unpaired) electrons. The van der Waals surface area contributed by atoms with Crippen LogP contribution in [0.5, 0.6) is 0 Å². The van der Waals surface area contributed by atoms with Crippen LogP contribution in [0.2, 0.25) is 0 Å². The molecule has 138 valence electrons. The second kappa shape index (κ2) is 7.33. The van der Waals surface area contributed by atoms with Gasteiger partial charge in [-0.15, -0.1) is 0 Å². The SMILES string of the molecule is Cc1nc(-c2ccccc2)cc(-c2ccc(-c3cccc4ccccc34)cc2)n1. The molecule has 29 heavy (non-hydrogen) atoms.